The summed E-state index contributed by atoms with van der Waals surface area (Å²) in [4.78, 5) is 20.4. The highest BCUT2D eigenvalue weighted by Gasteiger charge is 2.30. The molecule has 0 aliphatic heterocycles. The molecule has 0 atom stereocenters. The van der Waals surface area contributed by atoms with Crippen LogP contribution >= 0.6 is 15.9 Å². The second kappa shape index (κ2) is 7.77. The van der Waals surface area contributed by atoms with Crippen molar-refractivity contribution < 1.29 is 18.7 Å². The Morgan fingerprint density at radius 1 is 1.19 bits per heavy atom. The van der Waals surface area contributed by atoms with Crippen LogP contribution < -0.4 is 5.73 Å². The molecule has 7 nitrogen and oxygen atoms in total. The normalized spacial score (nSPS) is 19.0. The first-order valence-electron chi connectivity index (χ1n) is 10.1. The third-order valence-corrected chi connectivity index (χ3v) is 6.99. The van der Waals surface area contributed by atoms with Crippen LogP contribution in [0.5, 0.6) is 0 Å². The van der Waals surface area contributed by atoms with Crippen molar-refractivity contribution in [2.45, 2.75) is 31.6 Å². The van der Waals surface area contributed by atoms with Crippen LogP contribution in [0, 0.1) is 17.6 Å². The summed E-state index contributed by atoms with van der Waals surface area (Å²) in [6.45, 7) is 0. The molecule has 3 aromatic heterocycles. The number of anilines is 1. The molecule has 164 valence electrons. The first kappa shape index (κ1) is 20.7. The molecule has 0 radical (unpaired) electrons. The Hall–Kier alpha value is -3.14. The van der Waals surface area contributed by atoms with Crippen molar-refractivity contribution in [3.8, 4) is 11.1 Å². The summed E-state index contributed by atoms with van der Waals surface area (Å²) in [5.41, 5.74) is 9.00. The van der Waals surface area contributed by atoms with Crippen LogP contribution in [0.1, 0.15) is 37.3 Å². The molecule has 4 aromatic rings. The average Bonchev–Trinajstić information content (AvgIpc) is 3.23. The Bertz CT molecular complexity index is 1380. The maximum Gasteiger partial charge on any atom is 0.306 e. The molecule has 0 spiro atoms. The van der Waals surface area contributed by atoms with E-state index in [2.05, 4.69) is 26.0 Å². The van der Waals surface area contributed by atoms with Crippen molar-refractivity contribution in [3.05, 3.63) is 52.4 Å². The van der Waals surface area contributed by atoms with Gasteiger partial charge in [0.05, 0.1) is 27.8 Å². The summed E-state index contributed by atoms with van der Waals surface area (Å²) >= 11 is 3.53. The number of aliphatic carboxylic acids is 1. The number of aromatic nitrogens is 4. The Balaban J connectivity index is 1.61. The molecule has 1 aliphatic carbocycles. The van der Waals surface area contributed by atoms with Gasteiger partial charge in [0.1, 0.15) is 5.82 Å². The summed E-state index contributed by atoms with van der Waals surface area (Å²) in [5, 5.41) is 13.7. The highest BCUT2D eigenvalue weighted by Crippen LogP contribution is 2.40. The topological polar surface area (TPSA) is 106 Å². The van der Waals surface area contributed by atoms with E-state index in [4.69, 9.17) is 10.7 Å². The monoisotopic (exact) mass is 501 g/mol. The maximum absolute atomic E-state index is 14.3. The predicted octanol–water partition coefficient (Wildman–Crippen LogP) is 4.93. The summed E-state index contributed by atoms with van der Waals surface area (Å²) in [5.74, 6) is -2.59. The number of hydrogen-bond acceptors (Lipinski definition) is 5. The van der Waals surface area contributed by atoms with Crippen LogP contribution in [-0.2, 0) is 4.79 Å². The molecule has 0 amide bonds. The number of carboxylic acid groups (broad SMARTS) is 1. The van der Waals surface area contributed by atoms with Crippen molar-refractivity contribution in [3.63, 3.8) is 0 Å². The molecule has 0 unspecified atom stereocenters. The molecule has 1 saturated carbocycles. The number of carbonyl (C=O) groups is 1. The Kier molecular flexibility index (Phi) is 5.04. The number of nitrogen functional groups attached to an aromatic ring is 1. The van der Waals surface area contributed by atoms with Crippen molar-refractivity contribution in [2.75, 3.05) is 5.73 Å². The number of nitrogens with two attached hydrogens (primary N) is 1. The predicted molar refractivity (Wildman–Crippen MR) is 118 cm³/mol. The van der Waals surface area contributed by atoms with E-state index >= 15 is 0 Å². The van der Waals surface area contributed by atoms with Crippen LogP contribution in [0.4, 0.5) is 14.6 Å². The van der Waals surface area contributed by atoms with E-state index in [-0.39, 0.29) is 17.2 Å². The van der Waals surface area contributed by atoms with Crippen LogP contribution in [-0.4, -0.2) is 30.7 Å². The third kappa shape index (κ3) is 3.29. The summed E-state index contributed by atoms with van der Waals surface area (Å²) in [6.07, 6.45) is 5.65. The minimum atomic E-state index is -0.959. The first-order valence-corrected chi connectivity index (χ1v) is 10.9. The maximum atomic E-state index is 14.3. The van der Waals surface area contributed by atoms with E-state index in [0.717, 1.165) is 11.8 Å². The van der Waals surface area contributed by atoms with E-state index in [1.54, 1.807) is 12.4 Å². The molecular formula is C22H18BrF2N5O2. The molecule has 0 bridgehead atoms. The SMILES string of the molecule is Nc1c(Br)c(C2CCC(C(=O)O)CC2)nc2c(-c3cnc4ccc(F)c(F)c4c3)cnn12. The van der Waals surface area contributed by atoms with E-state index < -0.39 is 17.6 Å². The molecule has 1 aromatic carbocycles. The van der Waals surface area contributed by atoms with Gasteiger partial charge < -0.3 is 10.8 Å². The number of carboxylic acids is 1. The van der Waals surface area contributed by atoms with Crippen molar-refractivity contribution in [1.29, 1.82) is 0 Å². The Morgan fingerprint density at radius 2 is 1.94 bits per heavy atom. The second-order valence-corrected chi connectivity index (χ2v) is 8.82. The fourth-order valence-electron chi connectivity index (χ4n) is 4.39. The lowest BCUT2D eigenvalue weighted by Crippen LogP contribution is -2.21. The zero-order valence-corrected chi connectivity index (χ0v) is 18.3. The number of benzene rings is 1. The number of nitrogens with zero attached hydrogens (tertiary/aromatic N) is 4. The molecule has 0 saturated heterocycles. The minimum absolute atomic E-state index is 0.0521. The van der Waals surface area contributed by atoms with Gasteiger partial charge in [-0.25, -0.2) is 13.8 Å². The summed E-state index contributed by atoms with van der Waals surface area (Å²) in [7, 11) is 0. The van der Waals surface area contributed by atoms with Gasteiger partial charge in [0, 0.05) is 28.6 Å². The Morgan fingerprint density at radius 3 is 2.66 bits per heavy atom. The number of halogens is 3. The van der Waals surface area contributed by atoms with Gasteiger partial charge in [0.15, 0.2) is 17.3 Å². The van der Waals surface area contributed by atoms with Gasteiger partial charge in [0.2, 0.25) is 0 Å². The number of hydrogen-bond donors (Lipinski definition) is 2. The van der Waals surface area contributed by atoms with Gasteiger partial charge in [-0.05, 0) is 59.8 Å². The minimum Gasteiger partial charge on any atom is -0.481 e. The van der Waals surface area contributed by atoms with Crippen molar-refractivity contribution >= 4 is 44.3 Å². The van der Waals surface area contributed by atoms with E-state index in [9.17, 15) is 18.7 Å². The summed E-state index contributed by atoms with van der Waals surface area (Å²) < 4.78 is 30.2. The highest BCUT2D eigenvalue weighted by molar-refractivity contribution is 9.10. The molecule has 3 heterocycles. The second-order valence-electron chi connectivity index (χ2n) is 8.03. The largest absolute Gasteiger partial charge is 0.481 e. The van der Waals surface area contributed by atoms with E-state index in [1.807, 2.05) is 0 Å². The fourth-order valence-corrected chi connectivity index (χ4v) is 4.97. The first-order chi connectivity index (χ1) is 15.3. The average molecular weight is 502 g/mol. The molecule has 5 rings (SSSR count). The molecule has 32 heavy (non-hydrogen) atoms. The number of pyridine rings is 1. The van der Waals surface area contributed by atoms with Crippen LogP contribution in [0.25, 0.3) is 27.7 Å². The lowest BCUT2D eigenvalue weighted by molar-refractivity contribution is -0.142. The Labute approximate surface area is 189 Å². The number of fused-ring (bicyclic) bond motifs is 2. The van der Waals surface area contributed by atoms with Gasteiger partial charge in [-0.2, -0.15) is 9.61 Å². The quantitative estimate of drug-likeness (QED) is 0.412. The smallest absolute Gasteiger partial charge is 0.306 e. The zero-order chi connectivity index (χ0) is 22.6. The summed E-state index contributed by atoms with van der Waals surface area (Å²) in [6, 6.07) is 3.99. The van der Waals surface area contributed by atoms with Crippen LogP contribution in [0.2, 0.25) is 0 Å². The third-order valence-electron chi connectivity index (χ3n) is 6.17. The highest BCUT2D eigenvalue weighted by atomic mass is 79.9. The lowest BCUT2D eigenvalue weighted by Gasteiger charge is -2.26. The number of rotatable bonds is 3. The van der Waals surface area contributed by atoms with Crippen molar-refractivity contribution in [2.24, 2.45) is 5.92 Å². The van der Waals surface area contributed by atoms with Gasteiger partial charge >= 0.3 is 5.97 Å². The fraction of sp³-hybridized carbons (Fsp3) is 0.273. The van der Waals surface area contributed by atoms with Gasteiger partial charge in [-0.1, -0.05) is 0 Å². The van der Waals surface area contributed by atoms with Gasteiger partial charge in [0.25, 0.3) is 0 Å². The molecule has 1 fully saturated rings. The van der Waals surface area contributed by atoms with Gasteiger partial charge in [-0.15, -0.1) is 0 Å². The van der Waals surface area contributed by atoms with E-state index in [0.29, 0.717) is 58.3 Å². The molecule has 1 aliphatic rings. The molecular weight excluding hydrogens is 484 g/mol. The van der Waals surface area contributed by atoms with Crippen molar-refractivity contribution in [1.82, 2.24) is 19.6 Å². The standard InChI is InChI=1S/C22H18BrF2N5O2/c23-17-19(10-1-3-11(4-2-10)22(31)32)29-21-14(9-28-30(21)20(17)26)12-7-13-16(27-8-12)6-5-15(24)18(13)25/h5-11H,1-4,26H2,(H,31,32). The van der Waals surface area contributed by atoms with Crippen LogP contribution in [0.15, 0.2) is 35.1 Å². The lowest BCUT2D eigenvalue weighted by atomic mass is 9.80. The van der Waals surface area contributed by atoms with E-state index in [1.165, 1.54) is 16.6 Å². The van der Waals surface area contributed by atoms with Crippen LogP contribution in [0.3, 0.4) is 0 Å². The molecule has 10 heteroatoms. The molecule has 3 N–H and O–H groups in total. The zero-order valence-electron chi connectivity index (χ0n) is 16.7. The van der Waals surface area contributed by atoms with Gasteiger partial charge in [-0.3, -0.25) is 9.78 Å².